The lowest BCUT2D eigenvalue weighted by Crippen LogP contribution is -2.27. The minimum atomic E-state index is 0.0370. The Hall–Kier alpha value is -2.86. The summed E-state index contributed by atoms with van der Waals surface area (Å²) in [5, 5.41) is 1.00. The molecule has 33 heavy (non-hydrogen) atoms. The van der Waals surface area contributed by atoms with Crippen molar-refractivity contribution in [3.63, 3.8) is 0 Å². The minimum Gasteiger partial charge on any atom is -0.472 e. The summed E-state index contributed by atoms with van der Waals surface area (Å²) in [6.07, 6.45) is 0. The summed E-state index contributed by atoms with van der Waals surface area (Å²) in [5.74, 6) is 2.38. The number of hydrogen-bond donors (Lipinski definition) is 0. The average molecular weight is 449 g/mol. The first-order valence-electron chi connectivity index (χ1n) is 11.4. The Labute approximate surface area is 202 Å². The van der Waals surface area contributed by atoms with Crippen molar-refractivity contribution in [2.75, 3.05) is 17.2 Å². The van der Waals surface area contributed by atoms with Crippen LogP contribution in [0.2, 0.25) is 0 Å². The van der Waals surface area contributed by atoms with Gasteiger partial charge >= 0.3 is 0 Å². The molecule has 1 aliphatic rings. The van der Waals surface area contributed by atoms with Crippen molar-refractivity contribution in [2.45, 2.75) is 23.2 Å². The van der Waals surface area contributed by atoms with Gasteiger partial charge in [0.05, 0.1) is 34.4 Å². The normalized spacial score (nSPS) is 14.0. The first-order chi connectivity index (χ1) is 16.0. The molecular weight excluding hydrogens is 423 g/mol. The molecule has 0 fully saturated rings. The Morgan fingerprint density at radius 3 is 2.55 bits per heavy atom. The molecule has 0 atom stereocenters. The second-order valence-electron chi connectivity index (χ2n) is 9.46. The van der Waals surface area contributed by atoms with Crippen LogP contribution < -0.4 is 9.64 Å². The van der Waals surface area contributed by atoms with Gasteiger partial charge in [0, 0.05) is 23.7 Å². The quantitative estimate of drug-likeness (QED) is 0.438. The van der Waals surface area contributed by atoms with E-state index in [0.29, 0.717) is 12.5 Å². The number of thioether (sulfide) groups is 1. The molecule has 1 aromatic heterocycles. The molecule has 8 heteroatoms. The van der Waals surface area contributed by atoms with Crippen molar-refractivity contribution >= 4 is 52.2 Å². The largest absolute Gasteiger partial charge is 0.472 e. The lowest BCUT2D eigenvalue weighted by atomic mass is 9.40. The third kappa shape index (κ3) is 4.91. The van der Waals surface area contributed by atoms with Gasteiger partial charge in [-0.3, -0.25) is 0 Å². The number of nitrogens with zero attached hydrogens (tertiary/aromatic N) is 3. The lowest BCUT2D eigenvalue weighted by Gasteiger charge is -2.23. The smallest absolute Gasteiger partial charge is 0.229 e. The van der Waals surface area contributed by atoms with Gasteiger partial charge in [0.25, 0.3) is 0 Å². The summed E-state index contributed by atoms with van der Waals surface area (Å²) in [6, 6.07) is 25.3. The van der Waals surface area contributed by atoms with Crippen LogP contribution in [0.5, 0.6) is 5.88 Å². The maximum Gasteiger partial charge on any atom is 0.229 e. The van der Waals surface area contributed by atoms with E-state index in [1.54, 1.807) is 0 Å². The predicted octanol–water partition coefficient (Wildman–Crippen LogP) is 2.33. The highest BCUT2D eigenvalue weighted by Crippen LogP contribution is 2.32. The molecule has 2 heterocycles. The molecule has 0 saturated carbocycles. The van der Waals surface area contributed by atoms with Crippen molar-refractivity contribution in [3.05, 3.63) is 89.5 Å². The van der Waals surface area contributed by atoms with E-state index < -0.39 is 0 Å². The number of hydrogen-bond acceptors (Lipinski definition) is 5. The topological polar surface area (TPSA) is 38.2 Å². The van der Waals surface area contributed by atoms with E-state index in [1.165, 1.54) is 16.0 Å². The molecule has 0 unspecified atom stereocenters. The highest BCUT2D eigenvalue weighted by Gasteiger charge is 2.21. The lowest BCUT2D eigenvalue weighted by molar-refractivity contribution is 0.297. The Morgan fingerprint density at radius 1 is 0.939 bits per heavy atom. The number of anilines is 1. The fraction of sp³-hybridized carbons (Fsp3) is 0.200. The van der Waals surface area contributed by atoms with Crippen LogP contribution in [0.15, 0.2) is 77.7 Å². The molecule has 162 valence electrons. The highest BCUT2D eigenvalue weighted by atomic mass is 32.2. The van der Waals surface area contributed by atoms with E-state index in [9.17, 15) is 0 Å². The van der Waals surface area contributed by atoms with Crippen LogP contribution in [0, 0.1) is 0 Å². The fourth-order valence-electron chi connectivity index (χ4n) is 4.03. The SMILES string of the molecule is BC(B)(B)c1ccc2nc(N3CCSc4ccccc4C3)nc(OCc3ccccc3)c2c1. The zero-order chi connectivity index (χ0) is 22.8. The van der Waals surface area contributed by atoms with Gasteiger partial charge in [0.1, 0.15) is 6.61 Å². The predicted molar refractivity (Wildman–Crippen MR) is 146 cm³/mol. The molecule has 0 N–H and O–H groups in total. The molecule has 4 nitrogen and oxygen atoms in total. The standard InChI is InChI=1S/C25H26B3N3OS/c26-25(27,28)19-10-11-21-20(14-19)23(32-16-17-6-2-1-3-7-17)30-24(29-21)31-12-13-33-22-9-5-4-8-18(22)15-31/h1-11,14H,12-13,15-16,26-28H2. The molecule has 0 bridgehead atoms. The molecule has 0 saturated heterocycles. The summed E-state index contributed by atoms with van der Waals surface area (Å²) in [7, 11) is 6.67. The van der Waals surface area contributed by atoms with Crippen molar-refractivity contribution in [3.8, 4) is 5.88 Å². The zero-order valence-corrected chi connectivity index (χ0v) is 20.2. The Morgan fingerprint density at radius 2 is 1.73 bits per heavy atom. The molecule has 1 aliphatic heterocycles. The van der Waals surface area contributed by atoms with E-state index in [0.717, 1.165) is 41.3 Å². The molecular formula is C25H26B3N3OS. The second-order valence-corrected chi connectivity index (χ2v) is 10.6. The maximum absolute atomic E-state index is 6.32. The first kappa shape index (κ1) is 22.0. The number of benzene rings is 3. The van der Waals surface area contributed by atoms with Crippen LogP contribution in [-0.2, 0) is 18.3 Å². The third-order valence-corrected chi connectivity index (χ3v) is 7.06. The highest BCUT2D eigenvalue weighted by molar-refractivity contribution is 7.99. The van der Waals surface area contributed by atoms with Crippen LogP contribution in [0.3, 0.4) is 0 Å². The second kappa shape index (κ2) is 9.18. The fourth-order valence-corrected chi connectivity index (χ4v) is 5.05. The van der Waals surface area contributed by atoms with Crippen LogP contribution >= 0.6 is 11.8 Å². The molecule has 4 aromatic rings. The average Bonchev–Trinajstić information content (AvgIpc) is 3.05. The van der Waals surface area contributed by atoms with Gasteiger partial charge in [0.2, 0.25) is 11.8 Å². The third-order valence-electron chi connectivity index (χ3n) is 5.97. The van der Waals surface area contributed by atoms with Gasteiger partial charge in [-0.05, 0) is 29.3 Å². The minimum absolute atomic E-state index is 0.0370. The summed E-state index contributed by atoms with van der Waals surface area (Å²) >= 11 is 1.90. The number of fused-ring (bicyclic) bond motifs is 2. The number of rotatable bonds is 5. The van der Waals surface area contributed by atoms with Gasteiger partial charge in [0.15, 0.2) is 0 Å². The summed E-state index contributed by atoms with van der Waals surface area (Å²) in [4.78, 5) is 13.6. The monoisotopic (exact) mass is 449 g/mol. The van der Waals surface area contributed by atoms with E-state index >= 15 is 0 Å². The zero-order valence-electron chi connectivity index (χ0n) is 19.4. The van der Waals surface area contributed by atoms with Gasteiger partial charge < -0.3 is 9.64 Å². The molecule has 0 radical (unpaired) electrons. The number of ether oxygens (including phenoxy) is 1. The molecule has 5 rings (SSSR count). The van der Waals surface area contributed by atoms with Gasteiger partial charge in [-0.1, -0.05) is 65.3 Å². The van der Waals surface area contributed by atoms with Crippen molar-refractivity contribution in [2.24, 2.45) is 0 Å². The van der Waals surface area contributed by atoms with E-state index in [-0.39, 0.29) is 5.11 Å². The molecule has 0 aliphatic carbocycles. The molecule has 0 amide bonds. The van der Waals surface area contributed by atoms with E-state index in [1.807, 2.05) is 30.0 Å². The molecule has 0 spiro atoms. The Balaban J connectivity index is 1.55. The molecule has 3 aromatic carbocycles. The van der Waals surface area contributed by atoms with Gasteiger partial charge in [-0.15, -0.1) is 11.8 Å². The van der Waals surface area contributed by atoms with Gasteiger partial charge in [-0.25, -0.2) is 4.98 Å². The maximum atomic E-state index is 6.32. The van der Waals surface area contributed by atoms with Crippen molar-refractivity contribution in [1.82, 2.24) is 9.97 Å². The van der Waals surface area contributed by atoms with Crippen molar-refractivity contribution < 1.29 is 4.74 Å². The van der Waals surface area contributed by atoms with Gasteiger partial charge in [-0.2, -0.15) is 4.98 Å². The van der Waals surface area contributed by atoms with Crippen LogP contribution in [-0.4, -0.2) is 45.8 Å². The summed E-state index contributed by atoms with van der Waals surface area (Å²) in [5.41, 5.74) is 4.61. The number of aromatic nitrogens is 2. The van der Waals surface area contributed by atoms with Crippen LogP contribution in [0.4, 0.5) is 5.95 Å². The summed E-state index contributed by atoms with van der Waals surface area (Å²) < 4.78 is 6.32. The Bertz CT molecular complexity index is 1280. The van der Waals surface area contributed by atoms with E-state index in [4.69, 9.17) is 14.7 Å². The van der Waals surface area contributed by atoms with Crippen molar-refractivity contribution in [1.29, 1.82) is 0 Å². The van der Waals surface area contributed by atoms with Crippen LogP contribution in [0.1, 0.15) is 16.7 Å². The van der Waals surface area contributed by atoms with E-state index in [2.05, 4.69) is 83.0 Å². The Kier molecular flexibility index (Phi) is 6.11. The first-order valence-corrected chi connectivity index (χ1v) is 12.4. The summed E-state index contributed by atoms with van der Waals surface area (Å²) in [6.45, 7) is 2.17. The van der Waals surface area contributed by atoms with Crippen LogP contribution in [0.25, 0.3) is 10.9 Å².